The van der Waals surface area contributed by atoms with Crippen molar-refractivity contribution in [3.8, 4) is 10.7 Å². The molecule has 0 fully saturated rings. The van der Waals surface area contributed by atoms with Gasteiger partial charge in [0.15, 0.2) is 0 Å². The van der Waals surface area contributed by atoms with Crippen LogP contribution in [0.4, 0.5) is 0 Å². The molecule has 0 aliphatic rings. The van der Waals surface area contributed by atoms with Crippen LogP contribution in [-0.4, -0.2) is 16.5 Å². The van der Waals surface area contributed by atoms with Crippen molar-refractivity contribution in [2.24, 2.45) is 0 Å². The first-order chi connectivity index (χ1) is 10.4. The molecule has 114 valence electrons. The van der Waals surface area contributed by atoms with E-state index in [4.69, 9.17) is 0 Å². The third kappa shape index (κ3) is 5.94. The lowest BCUT2D eigenvalue weighted by atomic mass is 10.1. The standard InChI is InChI=1S/C17H25N3S/c1-2-3-4-5-6-8-11-18-13-15-14-21-17(20-15)16-10-7-9-12-19-16/h7,9-10,12,14,18H,2-6,8,11,13H2,1H3. The van der Waals surface area contributed by atoms with E-state index in [-0.39, 0.29) is 0 Å². The lowest BCUT2D eigenvalue weighted by molar-refractivity contribution is 0.570. The number of nitrogens with zero attached hydrogens (tertiary/aromatic N) is 2. The Bertz CT molecular complexity index is 496. The average Bonchev–Trinajstić information content (AvgIpc) is 3.00. The van der Waals surface area contributed by atoms with Crippen molar-refractivity contribution in [2.75, 3.05) is 6.54 Å². The van der Waals surface area contributed by atoms with Crippen molar-refractivity contribution < 1.29 is 0 Å². The van der Waals surface area contributed by atoms with Gasteiger partial charge in [-0.3, -0.25) is 4.98 Å². The van der Waals surface area contributed by atoms with E-state index in [1.807, 2.05) is 24.4 Å². The molecule has 0 bridgehead atoms. The lowest BCUT2D eigenvalue weighted by Crippen LogP contribution is -2.14. The summed E-state index contributed by atoms with van der Waals surface area (Å²) in [5, 5.41) is 6.61. The minimum atomic E-state index is 0.859. The maximum atomic E-state index is 4.63. The Kier molecular flexibility index (Phi) is 7.39. The smallest absolute Gasteiger partial charge is 0.142 e. The van der Waals surface area contributed by atoms with Crippen LogP contribution < -0.4 is 5.32 Å². The van der Waals surface area contributed by atoms with E-state index in [1.54, 1.807) is 11.3 Å². The van der Waals surface area contributed by atoms with E-state index in [0.717, 1.165) is 29.5 Å². The van der Waals surface area contributed by atoms with Crippen molar-refractivity contribution in [1.82, 2.24) is 15.3 Å². The summed E-state index contributed by atoms with van der Waals surface area (Å²) in [6.07, 6.45) is 9.87. The number of hydrogen-bond donors (Lipinski definition) is 1. The average molecular weight is 303 g/mol. The molecule has 0 spiro atoms. The fraction of sp³-hybridized carbons (Fsp3) is 0.529. The topological polar surface area (TPSA) is 37.8 Å². The second-order valence-electron chi connectivity index (χ2n) is 5.30. The third-order valence-corrected chi connectivity index (χ3v) is 4.36. The number of aromatic nitrogens is 2. The van der Waals surface area contributed by atoms with Crippen LogP contribution in [0.1, 0.15) is 51.1 Å². The zero-order chi connectivity index (χ0) is 14.8. The van der Waals surface area contributed by atoms with Gasteiger partial charge in [0.1, 0.15) is 5.01 Å². The minimum absolute atomic E-state index is 0.859. The van der Waals surface area contributed by atoms with E-state index in [0.29, 0.717) is 0 Å². The van der Waals surface area contributed by atoms with Gasteiger partial charge in [0.25, 0.3) is 0 Å². The summed E-state index contributed by atoms with van der Waals surface area (Å²) in [6.45, 7) is 4.20. The summed E-state index contributed by atoms with van der Waals surface area (Å²) in [5.41, 5.74) is 2.08. The van der Waals surface area contributed by atoms with Crippen molar-refractivity contribution in [3.05, 3.63) is 35.5 Å². The van der Waals surface area contributed by atoms with Crippen molar-refractivity contribution in [3.63, 3.8) is 0 Å². The van der Waals surface area contributed by atoms with E-state index < -0.39 is 0 Å². The Hall–Kier alpha value is -1.26. The molecule has 0 unspecified atom stereocenters. The molecule has 3 nitrogen and oxygen atoms in total. The quantitative estimate of drug-likeness (QED) is 0.649. The number of thiazole rings is 1. The van der Waals surface area contributed by atoms with E-state index in [2.05, 4.69) is 27.6 Å². The Labute approximate surface area is 131 Å². The molecule has 1 N–H and O–H groups in total. The Balaban J connectivity index is 1.63. The molecular formula is C17H25N3S. The fourth-order valence-corrected chi connectivity index (χ4v) is 3.04. The van der Waals surface area contributed by atoms with Gasteiger partial charge in [0, 0.05) is 18.1 Å². The second-order valence-corrected chi connectivity index (χ2v) is 6.16. The molecule has 2 rings (SSSR count). The fourth-order valence-electron chi connectivity index (χ4n) is 2.24. The van der Waals surface area contributed by atoms with Crippen LogP contribution in [-0.2, 0) is 6.54 Å². The molecule has 0 amide bonds. The van der Waals surface area contributed by atoms with Crippen molar-refractivity contribution in [1.29, 1.82) is 0 Å². The van der Waals surface area contributed by atoms with Gasteiger partial charge in [-0.1, -0.05) is 45.1 Å². The lowest BCUT2D eigenvalue weighted by Gasteiger charge is -2.02. The summed E-state index contributed by atoms with van der Waals surface area (Å²) in [5.74, 6) is 0. The highest BCUT2D eigenvalue weighted by Gasteiger charge is 2.04. The highest BCUT2D eigenvalue weighted by atomic mass is 32.1. The number of unbranched alkanes of at least 4 members (excludes halogenated alkanes) is 5. The van der Waals surface area contributed by atoms with Gasteiger partial charge in [-0.05, 0) is 25.1 Å². The van der Waals surface area contributed by atoms with Crippen LogP contribution in [0.25, 0.3) is 10.7 Å². The third-order valence-electron chi connectivity index (χ3n) is 3.45. The maximum absolute atomic E-state index is 4.63. The van der Waals surface area contributed by atoms with Gasteiger partial charge >= 0.3 is 0 Å². The van der Waals surface area contributed by atoms with E-state index in [9.17, 15) is 0 Å². The molecule has 0 aromatic carbocycles. The molecule has 0 aliphatic heterocycles. The molecule has 0 aliphatic carbocycles. The highest BCUT2D eigenvalue weighted by molar-refractivity contribution is 7.13. The first kappa shape index (κ1) is 16.1. The van der Waals surface area contributed by atoms with Crippen LogP contribution >= 0.6 is 11.3 Å². The number of hydrogen-bond acceptors (Lipinski definition) is 4. The van der Waals surface area contributed by atoms with Crippen LogP contribution in [0.5, 0.6) is 0 Å². The normalized spacial score (nSPS) is 10.9. The molecule has 0 atom stereocenters. The maximum Gasteiger partial charge on any atom is 0.142 e. The first-order valence-electron chi connectivity index (χ1n) is 7.96. The van der Waals surface area contributed by atoms with Crippen LogP contribution in [0, 0.1) is 0 Å². The largest absolute Gasteiger partial charge is 0.311 e. The van der Waals surface area contributed by atoms with Crippen LogP contribution in [0.15, 0.2) is 29.8 Å². The Morgan fingerprint density at radius 1 is 1.10 bits per heavy atom. The molecule has 0 saturated heterocycles. The molecule has 2 heterocycles. The predicted molar refractivity (Wildman–Crippen MR) is 90.4 cm³/mol. The first-order valence-corrected chi connectivity index (χ1v) is 8.84. The van der Waals surface area contributed by atoms with Gasteiger partial charge in [0.2, 0.25) is 0 Å². The monoisotopic (exact) mass is 303 g/mol. The Morgan fingerprint density at radius 3 is 2.76 bits per heavy atom. The van der Waals surface area contributed by atoms with Gasteiger partial charge in [-0.2, -0.15) is 0 Å². The molecular weight excluding hydrogens is 278 g/mol. The summed E-state index contributed by atoms with van der Waals surface area (Å²) in [6, 6.07) is 5.94. The summed E-state index contributed by atoms with van der Waals surface area (Å²) < 4.78 is 0. The SMILES string of the molecule is CCCCCCCCNCc1csc(-c2ccccn2)n1. The Morgan fingerprint density at radius 2 is 1.95 bits per heavy atom. The van der Waals surface area contributed by atoms with Gasteiger partial charge in [-0.15, -0.1) is 11.3 Å². The molecule has 21 heavy (non-hydrogen) atoms. The van der Waals surface area contributed by atoms with Crippen LogP contribution in [0.2, 0.25) is 0 Å². The summed E-state index contributed by atoms with van der Waals surface area (Å²) in [4.78, 5) is 8.97. The molecule has 2 aromatic heterocycles. The number of pyridine rings is 1. The van der Waals surface area contributed by atoms with E-state index >= 15 is 0 Å². The van der Waals surface area contributed by atoms with Crippen molar-refractivity contribution in [2.45, 2.75) is 52.0 Å². The van der Waals surface area contributed by atoms with Gasteiger partial charge < -0.3 is 5.32 Å². The zero-order valence-electron chi connectivity index (χ0n) is 12.8. The predicted octanol–water partition coefficient (Wildman–Crippen LogP) is 4.66. The summed E-state index contributed by atoms with van der Waals surface area (Å²) in [7, 11) is 0. The zero-order valence-corrected chi connectivity index (χ0v) is 13.7. The van der Waals surface area contributed by atoms with Gasteiger partial charge in [-0.25, -0.2) is 4.98 Å². The number of rotatable bonds is 10. The van der Waals surface area contributed by atoms with Crippen LogP contribution in [0.3, 0.4) is 0 Å². The van der Waals surface area contributed by atoms with E-state index in [1.165, 1.54) is 38.5 Å². The number of nitrogens with one attached hydrogen (secondary N) is 1. The van der Waals surface area contributed by atoms with Gasteiger partial charge in [0.05, 0.1) is 11.4 Å². The minimum Gasteiger partial charge on any atom is -0.311 e. The molecule has 0 saturated carbocycles. The molecule has 0 radical (unpaired) electrons. The molecule has 2 aromatic rings. The highest BCUT2D eigenvalue weighted by Crippen LogP contribution is 2.21. The summed E-state index contributed by atoms with van der Waals surface area (Å²) >= 11 is 1.67. The van der Waals surface area contributed by atoms with Crippen molar-refractivity contribution >= 4 is 11.3 Å². The molecule has 4 heteroatoms. The second kappa shape index (κ2) is 9.64.